The fourth-order valence-corrected chi connectivity index (χ4v) is 2.46. The van der Waals surface area contributed by atoms with E-state index >= 15 is 0 Å². The summed E-state index contributed by atoms with van der Waals surface area (Å²) in [5.74, 6) is -0.177. The van der Waals surface area contributed by atoms with Crippen LogP contribution in [0.15, 0.2) is 41.4 Å². The molecule has 0 atom stereocenters. The summed E-state index contributed by atoms with van der Waals surface area (Å²) in [6.07, 6.45) is 1.29. The Morgan fingerprint density at radius 2 is 2.24 bits per heavy atom. The number of anilines is 1. The Morgan fingerprint density at radius 3 is 2.86 bits per heavy atom. The molecule has 1 N–H and O–H groups in total. The molecule has 21 heavy (non-hydrogen) atoms. The number of thioether (sulfide) groups is 1. The normalized spacial score (nSPS) is 9.95. The molecule has 0 saturated heterocycles. The number of benzene rings is 1. The van der Waals surface area contributed by atoms with Gasteiger partial charge in [0.2, 0.25) is 0 Å². The third kappa shape index (κ3) is 3.58. The molecule has 0 aliphatic heterocycles. The van der Waals surface area contributed by atoms with Crippen molar-refractivity contribution in [2.24, 2.45) is 0 Å². The van der Waals surface area contributed by atoms with E-state index < -0.39 is 11.7 Å². The van der Waals surface area contributed by atoms with E-state index in [1.54, 1.807) is 12.1 Å². The first-order valence-electron chi connectivity index (χ1n) is 6.24. The number of para-hydroxylation sites is 1. The van der Waals surface area contributed by atoms with Crippen molar-refractivity contribution in [3.63, 3.8) is 0 Å². The fraction of sp³-hybridized carbons (Fsp3) is 0.133. The molecule has 0 unspecified atom stereocenters. The summed E-state index contributed by atoms with van der Waals surface area (Å²) in [5.41, 5.74) is 0.656. The van der Waals surface area contributed by atoms with E-state index in [4.69, 9.17) is 5.26 Å². The van der Waals surface area contributed by atoms with Crippen LogP contribution in [0, 0.1) is 17.1 Å². The molecule has 0 bridgehead atoms. The van der Waals surface area contributed by atoms with E-state index in [-0.39, 0.29) is 16.9 Å². The second kappa shape index (κ2) is 6.86. The van der Waals surface area contributed by atoms with E-state index in [9.17, 15) is 9.18 Å². The second-order valence-corrected chi connectivity index (χ2v) is 5.35. The maximum atomic E-state index is 13.9. The van der Waals surface area contributed by atoms with Crippen LogP contribution in [0.2, 0.25) is 0 Å². The summed E-state index contributed by atoms with van der Waals surface area (Å²) in [6.45, 7) is 1.95. The van der Waals surface area contributed by atoms with Gasteiger partial charge in [0.1, 0.15) is 17.6 Å². The molecule has 0 spiro atoms. The van der Waals surface area contributed by atoms with Crippen LogP contribution in [-0.2, 0) is 0 Å². The minimum absolute atomic E-state index is 0.165. The van der Waals surface area contributed by atoms with Crippen molar-refractivity contribution >= 4 is 23.4 Å². The Kier molecular flexibility index (Phi) is 4.90. The molecule has 6 heteroatoms. The van der Waals surface area contributed by atoms with E-state index in [1.165, 1.54) is 36.2 Å². The first kappa shape index (κ1) is 15.0. The van der Waals surface area contributed by atoms with Crippen LogP contribution in [0.3, 0.4) is 0 Å². The number of aromatic nitrogens is 1. The van der Waals surface area contributed by atoms with Crippen molar-refractivity contribution in [3.8, 4) is 6.07 Å². The smallest absolute Gasteiger partial charge is 0.257 e. The van der Waals surface area contributed by atoms with Crippen molar-refractivity contribution in [3.05, 3.63) is 53.6 Å². The van der Waals surface area contributed by atoms with Crippen LogP contribution in [-0.4, -0.2) is 16.6 Å². The molecular formula is C15H12FN3OS. The Hall–Kier alpha value is -2.39. The van der Waals surface area contributed by atoms with Crippen LogP contribution in [0.4, 0.5) is 10.1 Å². The lowest BCUT2D eigenvalue weighted by molar-refractivity contribution is 0.102. The number of nitrogens with zero attached hydrogens (tertiary/aromatic N) is 2. The summed E-state index contributed by atoms with van der Waals surface area (Å²) in [4.78, 5) is 16.6. The molecule has 0 fully saturated rings. The third-order valence-corrected chi connectivity index (χ3v) is 3.59. The summed E-state index contributed by atoms with van der Waals surface area (Å²) in [6, 6.07) is 9.45. The number of halogens is 1. The molecule has 2 aromatic rings. The van der Waals surface area contributed by atoms with Gasteiger partial charge in [0.15, 0.2) is 0 Å². The van der Waals surface area contributed by atoms with Crippen molar-refractivity contribution in [1.82, 2.24) is 4.98 Å². The largest absolute Gasteiger partial charge is 0.318 e. The highest BCUT2D eigenvalue weighted by Crippen LogP contribution is 2.29. The highest BCUT2D eigenvalue weighted by molar-refractivity contribution is 7.99. The van der Waals surface area contributed by atoms with Gasteiger partial charge in [-0.25, -0.2) is 9.37 Å². The van der Waals surface area contributed by atoms with Crippen molar-refractivity contribution < 1.29 is 9.18 Å². The summed E-state index contributed by atoms with van der Waals surface area (Å²) in [7, 11) is 0. The number of hydrogen-bond donors (Lipinski definition) is 1. The number of amides is 1. The molecule has 0 saturated carbocycles. The topological polar surface area (TPSA) is 65.8 Å². The molecule has 106 valence electrons. The van der Waals surface area contributed by atoms with Crippen LogP contribution in [0.5, 0.6) is 0 Å². The lowest BCUT2D eigenvalue weighted by atomic mass is 10.2. The van der Waals surface area contributed by atoms with Gasteiger partial charge < -0.3 is 5.32 Å². The van der Waals surface area contributed by atoms with Crippen molar-refractivity contribution in [1.29, 1.82) is 5.26 Å². The number of hydrogen-bond acceptors (Lipinski definition) is 4. The molecule has 0 aliphatic rings. The van der Waals surface area contributed by atoms with E-state index in [0.717, 1.165) is 5.75 Å². The molecular weight excluding hydrogens is 289 g/mol. The zero-order chi connectivity index (χ0) is 15.2. The fourth-order valence-electron chi connectivity index (χ4n) is 1.68. The SMILES string of the molecule is CCSc1cccc(F)c1NC(=O)c1ccc(C#N)nc1. The summed E-state index contributed by atoms with van der Waals surface area (Å²) >= 11 is 1.45. The van der Waals surface area contributed by atoms with Crippen LogP contribution in [0.1, 0.15) is 23.0 Å². The average molecular weight is 301 g/mol. The Bertz CT molecular complexity index is 695. The lowest BCUT2D eigenvalue weighted by Crippen LogP contribution is -2.14. The molecule has 0 radical (unpaired) electrons. The maximum Gasteiger partial charge on any atom is 0.257 e. The molecule has 1 heterocycles. The number of rotatable bonds is 4. The standard InChI is InChI=1S/C15H12FN3OS/c1-2-21-13-5-3-4-12(16)14(13)19-15(20)10-6-7-11(8-17)18-9-10/h3-7,9H,2H2,1H3,(H,19,20). The van der Waals surface area contributed by atoms with Gasteiger partial charge in [-0.05, 0) is 30.0 Å². The number of nitrogens with one attached hydrogen (secondary N) is 1. The monoisotopic (exact) mass is 301 g/mol. The first-order chi connectivity index (χ1) is 10.2. The first-order valence-corrected chi connectivity index (χ1v) is 7.23. The van der Waals surface area contributed by atoms with E-state index in [2.05, 4.69) is 10.3 Å². The predicted octanol–water partition coefficient (Wildman–Crippen LogP) is 3.46. The van der Waals surface area contributed by atoms with Crippen LogP contribution in [0.25, 0.3) is 0 Å². The molecule has 1 aromatic carbocycles. The average Bonchev–Trinajstić information content (AvgIpc) is 2.51. The highest BCUT2D eigenvalue weighted by Gasteiger charge is 2.13. The number of pyridine rings is 1. The van der Waals surface area contributed by atoms with Crippen LogP contribution < -0.4 is 5.32 Å². The highest BCUT2D eigenvalue weighted by atomic mass is 32.2. The quantitative estimate of drug-likeness (QED) is 0.878. The zero-order valence-electron chi connectivity index (χ0n) is 11.3. The number of nitriles is 1. The molecule has 1 amide bonds. The van der Waals surface area contributed by atoms with E-state index in [0.29, 0.717) is 4.90 Å². The minimum atomic E-state index is -0.483. The Balaban J connectivity index is 2.24. The van der Waals surface area contributed by atoms with Gasteiger partial charge in [-0.15, -0.1) is 11.8 Å². The van der Waals surface area contributed by atoms with Gasteiger partial charge in [0, 0.05) is 11.1 Å². The molecule has 4 nitrogen and oxygen atoms in total. The van der Waals surface area contributed by atoms with E-state index in [1.807, 2.05) is 13.0 Å². The van der Waals surface area contributed by atoms with Gasteiger partial charge in [-0.2, -0.15) is 5.26 Å². The van der Waals surface area contributed by atoms with Gasteiger partial charge in [0.05, 0.1) is 11.3 Å². The molecule has 1 aromatic heterocycles. The van der Waals surface area contributed by atoms with Crippen molar-refractivity contribution in [2.45, 2.75) is 11.8 Å². The second-order valence-electron chi connectivity index (χ2n) is 4.04. The minimum Gasteiger partial charge on any atom is -0.318 e. The zero-order valence-corrected chi connectivity index (χ0v) is 12.1. The molecule has 0 aliphatic carbocycles. The summed E-state index contributed by atoms with van der Waals surface area (Å²) in [5, 5.41) is 11.2. The van der Waals surface area contributed by atoms with Gasteiger partial charge in [0.25, 0.3) is 5.91 Å². The lowest BCUT2D eigenvalue weighted by Gasteiger charge is -2.11. The number of carbonyl (C=O) groups excluding carboxylic acids is 1. The Morgan fingerprint density at radius 1 is 1.43 bits per heavy atom. The van der Waals surface area contributed by atoms with Crippen LogP contribution >= 0.6 is 11.8 Å². The Labute approximate surface area is 126 Å². The van der Waals surface area contributed by atoms with Gasteiger partial charge >= 0.3 is 0 Å². The van der Waals surface area contributed by atoms with Gasteiger partial charge in [-0.1, -0.05) is 13.0 Å². The predicted molar refractivity (Wildman–Crippen MR) is 79.7 cm³/mol. The third-order valence-electron chi connectivity index (χ3n) is 2.65. The summed E-state index contributed by atoms with van der Waals surface area (Å²) < 4.78 is 13.9. The number of carbonyl (C=O) groups is 1. The maximum absolute atomic E-state index is 13.9. The molecule has 2 rings (SSSR count). The van der Waals surface area contributed by atoms with Crippen molar-refractivity contribution in [2.75, 3.05) is 11.1 Å². The van der Waals surface area contributed by atoms with Gasteiger partial charge in [-0.3, -0.25) is 4.79 Å².